The third-order valence-electron chi connectivity index (χ3n) is 3.20. The molecule has 106 valence electrons. The van der Waals surface area contributed by atoms with Crippen molar-refractivity contribution in [2.24, 2.45) is 0 Å². The number of fused-ring (bicyclic) bond motifs is 1. The summed E-state index contributed by atoms with van der Waals surface area (Å²) in [6.45, 7) is 0. The highest BCUT2D eigenvalue weighted by atomic mass is 35.5. The Hall–Kier alpha value is -1.95. The number of benzene rings is 2. The third kappa shape index (κ3) is 2.63. The van der Waals surface area contributed by atoms with Crippen LogP contribution in [-0.2, 0) is 0 Å². The SMILES string of the molecule is O=[N+]([O-])c1cc(Cl)ccc1C(O)c1cc2ccccc2s1. The maximum absolute atomic E-state index is 11.1. The number of hydrogen-bond donors (Lipinski definition) is 1. The van der Waals surface area contributed by atoms with Crippen LogP contribution < -0.4 is 0 Å². The quantitative estimate of drug-likeness (QED) is 0.569. The standard InChI is InChI=1S/C15H10ClNO3S/c16-10-5-6-11(12(8-10)17(19)20)15(18)14-7-9-3-1-2-4-13(9)21-14/h1-8,15,18H. The molecule has 1 atom stereocenters. The molecule has 0 saturated heterocycles. The molecule has 0 aliphatic carbocycles. The zero-order valence-corrected chi connectivity index (χ0v) is 12.3. The van der Waals surface area contributed by atoms with Crippen LogP contribution in [0.5, 0.6) is 0 Å². The largest absolute Gasteiger partial charge is 0.383 e. The average Bonchev–Trinajstić information content (AvgIpc) is 2.90. The van der Waals surface area contributed by atoms with E-state index in [1.807, 2.05) is 30.3 Å². The van der Waals surface area contributed by atoms with Crippen molar-refractivity contribution in [2.75, 3.05) is 0 Å². The fourth-order valence-electron chi connectivity index (χ4n) is 2.20. The lowest BCUT2D eigenvalue weighted by atomic mass is 10.1. The van der Waals surface area contributed by atoms with Gasteiger partial charge >= 0.3 is 0 Å². The highest BCUT2D eigenvalue weighted by Crippen LogP contribution is 2.37. The van der Waals surface area contributed by atoms with Gasteiger partial charge in [-0.2, -0.15) is 0 Å². The molecule has 1 aromatic heterocycles. The van der Waals surface area contributed by atoms with E-state index in [2.05, 4.69) is 0 Å². The molecule has 0 fully saturated rings. The number of rotatable bonds is 3. The summed E-state index contributed by atoms with van der Waals surface area (Å²) in [6, 6.07) is 13.9. The van der Waals surface area contributed by atoms with E-state index in [1.54, 1.807) is 6.07 Å². The van der Waals surface area contributed by atoms with Crippen molar-refractivity contribution < 1.29 is 10.0 Å². The fourth-order valence-corrected chi connectivity index (χ4v) is 3.43. The van der Waals surface area contributed by atoms with Crippen LogP contribution in [0.1, 0.15) is 16.5 Å². The van der Waals surface area contributed by atoms with E-state index in [-0.39, 0.29) is 16.3 Å². The van der Waals surface area contributed by atoms with Crippen molar-refractivity contribution in [2.45, 2.75) is 6.10 Å². The molecule has 2 aromatic carbocycles. The first-order chi connectivity index (χ1) is 10.1. The minimum atomic E-state index is -1.04. The summed E-state index contributed by atoms with van der Waals surface area (Å²) in [4.78, 5) is 11.3. The summed E-state index contributed by atoms with van der Waals surface area (Å²) in [7, 11) is 0. The second-order valence-electron chi connectivity index (χ2n) is 4.55. The Bertz CT molecular complexity index is 798. The van der Waals surface area contributed by atoms with Crippen LogP contribution in [0.2, 0.25) is 5.02 Å². The van der Waals surface area contributed by atoms with Gasteiger partial charge in [-0.05, 0) is 29.7 Å². The Kier molecular flexibility index (Phi) is 3.63. The molecular weight excluding hydrogens is 310 g/mol. The van der Waals surface area contributed by atoms with Gasteiger partial charge in [0, 0.05) is 20.7 Å². The van der Waals surface area contributed by atoms with Crippen molar-refractivity contribution >= 4 is 38.7 Å². The molecule has 1 N–H and O–H groups in total. The van der Waals surface area contributed by atoms with Crippen molar-refractivity contribution in [1.29, 1.82) is 0 Å². The van der Waals surface area contributed by atoms with Gasteiger partial charge in [0.15, 0.2) is 0 Å². The number of nitro groups is 1. The number of thiophene rings is 1. The zero-order chi connectivity index (χ0) is 15.0. The molecule has 0 saturated carbocycles. The number of hydrogen-bond acceptors (Lipinski definition) is 4. The molecule has 1 unspecified atom stereocenters. The molecule has 6 heteroatoms. The summed E-state index contributed by atoms with van der Waals surface area (Å²) < 4.78 is 1.03. The Morgan fingerprint density at radius 3 is 2.67 bits per heavy atom. The van der Waals surface area contributed by atoms with E-state index in [1.165, 1.54) is 23.5 Å². The molecule has 0 spiro atoms. The molecule has 0 aliphatic heterocycles. The lowest BCUT2D eigenvalue weighted by Crippen LogP contribution is -2.02. The first kappa shape index (κ1) is 14.0. The maximum Gasteiger partial charge on any atom is 0.277 e. The molecule has 0 radical (unpaired) electrons. The molecule has 4 nitrogen and oxygen atoms in total. The number of halogens is 1. The molecule has 3 rings (SSSR count). The summed E-state index contributed by atoms with van der Waals surface area (Å²) in [5.41, 5.74) is 0.0726. The molecule has 0 bridgehead atoms. The first-order valence-corrected chi connectivity index (χ1v) is 7.36. The Morgan fingerprint density at radius 1 is 1.19 bits per heavy atom. The first-order valence-electron chi connectivity index (χ1n) is 6.16. The average molecular weight is 320 g/mol. The van der Waals surface area contributed by atoms with Gasteiger partial charge in [0.2, 0.25) is 0 Å². The monoisotopic (exact) mass is 319 g/mol. The Morgan fingerprint density at radius 2 is 1.95 bits per heavy atom. The molecule has 1 heterocycles. The second-order valence-corrected chi connectivity index (χ2v) is 6.10. The lowest BCUT2D eigenvalue weighted by molar-refractivity contribution is -0.386. The number of aliphatic hydroxyl groups is 1. The van der Waals surface area contributed by atoms with Crippen molar-refractivity contribution in [3.8, 4) is 0 Å². The highest BCUT2D eigenvalue weighted by molar-refractivity contribution is 7.19. The van der Waals surface area contributed by atoms with Crippen LogP contribution in [0.15, 0.2) is 48.5 Å². The minimum absolute atomic E-state index is 0.174. The van der Waals surface area contributed by atoms with E-state index in [0.717, 1.165) is 10.1 Å². The molecule has 3 aromatic rings. The molecule has 21 heavy (non-hydrogen) atoms. The number of aliphatic hydroxyl groups excluding tert-OH is 1. The normalized spacial score (nSPS) is 12.5. The fraction of sp³-hybridized carbons (Fsp3) is 0.0667. The third-order valence-corrected chi connectivity index (χ3v) is 4.60. The van der Waals surface area contributed by atoms with E-state index in [9.17, 15) is 15.2 Å². The van der Waals surface area contributed by atoms with Crippen molar-refractivity contribution in [3.05, 3.63) is 74.1 Å². The van der Waals surface area contributed by atoms with E-state index < -0.39 is 11.0 Å². The summed E-state index contributed by atoms with van der Waals surface area (Å²) in [6.07, 6.45) is -1.04. The highest BCUT2D eigenvalue weighted by Gasteiger charge is 2.23. The van der Waals surface area contributed by atoms with Gasteiger partial charge in [0.05, 0.1) is 10.5 Å². The van der Waals surface area contributed by atoms with E-state index in [0.29, 0.717) is 4.88 Å². The van der Waals surface area contributed by atoms with E-state index >= 15 is 0 Å². The van der Waals surface area contributed by atoms with Crippen LogP contribution in [0, 0.1) is 10.1 Å². The van der Waals surface area contributed by atoms with Gasteiger partial charge in [-0.25, -0.2) is 0 Å². The summed E-state index contributed by atoms with van der Waals surface area (Å²) in [5.74, 6) is 0. The topological polar surface area (TPSA) is 63.4 Å². The van der Waals surface area contributed by atoms with Gasteiger partial charge in [0.1, 0.15) is 6.10 Å². The lowest BCUT2D eigenvalue weighted by Gasteiger charge is -2.09. The molecular formula is C15H10ClNO3S. The van der Waals surface area contributed by atoms with Crippen LogP contribution in [0.4, 0.5) is 5.69 Å². The van der Waals surface area contributed by atoms with Gasteiger partial charge in [0.25, 0.3) is 5.69 Å². The number of nitrogens with zero attached hydrogens (tertiary/aromatic N) is 1. The maximum atomic E-state index is 11.1. The predicted octanol–water partition coefficient (Wildman–Crippen LogP) is 4.54. The molecule has 0 amide bonds. The smallest absolute Gasteiger partial charge is 0.277 e. The number of nitro benzene ring substituents is 1. The second kappa shape index (κ2) is 5.44. The van der Waals surface area contributed by atoms with Crippen molar-refractivity contribution in [3.63, 3.8) is 0 Å². The van der Waals surface area contributed by atoms with Crippen LogP contribution in [-0.4, -0.2) is 10.0 Å². The summed E-state index contributed by atoms with van der Waals surface area (Å²) in [5, 5.41) is 22.9. The van der Waals surface area contributed by atoms with Crippen LogP contribution in [0.25, 0.3) is 10.1 Å². The van der Waals surface area contributed by atoms with Crippen molar-refractivity contribution in [1.82, 2.24) is 0 Å². The van der Waals surface area contributed by atoms with Gasteiger partial charge < -0.3 is 5.11 Å². The van der Waals surface area contributed by atoms with Gasteiger partial charge in [-0.15, -0.1) is 11.3 Å². The van der Waals surface area contributed by atoms with E-state index in [4.69, 9.17) is 11.6 Å². The van der Waals surface area contributed by atoms with Gasteiger partial charge in [-0.1, -0.05) is 29.8 Å². The molecule has 0 aliphatic rings. The summed E-state index contributed by atoms with van der Waals surface area (Å²) >= 11 is 7.21. The van der Waals surface area contributed by atoms with Crippen LogP contribution in [0.3, 0.4) is 0 Å². The van der Waals surface area contributed by atoms with Crippen LogP contribution >= 0.6 is 22.9 Å². The minimum Gasteiger partial charge on any atom is -0.383 e. The predicted molar refractivity (Wildman–Crippen MR) is 84.0 cm³/mol. The van der Waals surface area contributed by atoms with Gasteiger partial charge in [-0.3, -0.25) is 10.1 Å². The Labute approximate surface area is 129 Å². The zero-order valence-electron chi connectivity index (χ0n) is 10.7. The Balaban J connectivity index is 2.09.